The smallest absolute Gasteiger partial charge is 0.337 e. The molecule has 0 aliphatic rings. The van der Waals surface area contributed by atoms with Crippen molar-refractivity contribution in [1.82, 2.24) is 0 Å². The van der Waals surface area contributed by atoms with Gasteiger partial charge in [-0.1, -0.05) is 34.9 Å². The molecule has 1 rings (SSSR count). The Balaban J connectivity index is 0.000000671. The lowest BCUT2D eigenvalue weighted by Gasteiger charge is -2.03. The number of rotatable bonds is 2. The van der Waals surface area contributed by atoms with Crippen LogP contribution in [-0.2, 0) is 9.36 Å². The highest BCUT2D eigenvalue weighted by molar-refractivity contribution is 7.00. The summed E-state index contributed by atoms with van der Waals surface area (Å²) in [4.78, 5) is 10.2. The molecule has 5 heteroatoms. The van der Waals surface area contributed by atoms with E-state index in [2.05, 4.69) is 0 Å². The molecule has 0 radical (unpaired) electrons. The molecule has 0 bridgehead atoms. The number of carboxylic acid groups (broad SMARTS) is 1. The molecule has 2 N–H and O–H groups in total. The fourth-order valence-corrected chi connectivity index (χ4v) is 0.778. The lowest BCUT2D eigenvalue weighted by Crippen LogP contribution is -2.09. The van der Waals surface area contributed by atoms with Gasteiger partial charge in [-0.3, -0.25) is 0 Å². The molecule has 0 heterocycles. The molecule has 1 unspecified atom stereocenters. The van der Waals surface area contributed by atoms with Gasteiger partial charge in [-0.2, -0.15) is 0 Å². The second-order valence-electron chi connectivity index (χ2n) is 2.15. The molecular weight excluding hydrogens is 191 g/mol. The van der Waals surface area contributed by atoms with Crippen LogP contribution in [0.5, 0.6) is 0 Å². The third kappa shape index (κ3) is 3.78. The summed E-state index contributed by atoms with van der Waals surface area (Å²) in [6, 6.07) is 8.26. The first-order valence-corrected chi connectivity index (χ1v) is 3.88. The van der Waals surface area contributed by atoms with E-state index in [9.17, 15) is 4.79 Å². The average molecular weight is 201 g/mol. The second kappa shape index (κ2) is 6.29. The molecule has 0 saturated carbocycles. The molecule has 1 aromatic rings. The van der Waals surface area contributed by atoms with E-state index in [-0.39, 0.29) is 0 Å². The molecule has 70 valence electrons. The Bertz CT molecular complexity index is 262. The molecule has 0 amide bonds. The van der Waals surface area contributed by atoms with Gasteiger partial charge < -0.3 is 10.2 Å². The van der Waals surface area contributed by atoms with Gasteiger partial charge in [-0.05, 0) is 5.56 Å². The Morgan fingerprint density at radius 1 is 1.23 bits per heavy atom. The van der Waals surface area contributed by atoms with E-state index in [1.807, 2.05) is 0 Å². The molecule has 1 aromatic carbocycles. The Morgan fingerprint density at radius 3 is 2.08 bits per heavy atom. The van der Waals surface area contributed by atoms with Gasteiger partial charge in [-0.25, -0.2) is 4.79 Å². The van der Waals surface area contributed by atoms with Crippen LogP contribution in [0, 0.1) is 0 Å². The minimum absolute atomic E-state index is 0.403. The number of carbonyl (C=O) groups is 1. The lowest BCUT2D eigenvalue weighted by molar-refractivity contribution is -0.146. The SMILES string of the molecule is O=C(O)[C@@H](O)c1ccccc1.O=[PH2+]. The zero-order valence-electron chi connectivity index (χ0n) is 6.75. The second-order valence-corrected chi connectivity index (χ2v) is 2.15. The van der Waals surface area contributed by atoms with E-state index in [1.165, 1.54) is 9.12 Å². The van der Waals surface area contributed by atoms with Gasteiger partial charge in [-0.15, -0.1) is 0 Å². The van der Waals surface area contributed by atoms with Crippen molar-refractivity contribution in [1.29, 1.82) is 0 Å². The van der Waals surface area contributed by atoms with E-state index in [0.29, 0.717) is 5.56 Å². The van der Waals surface area contributed by atoms with Crippen molar-refractivity contribution in [3.8, 4) is 0 Å². The number of aliphatic carboxylic acids is 1. The summed E-state index contributed by atoms with van der Waals surface area (Å²) >= 11 is 0. The number of carboxylic acids is 1. The predicted molar refractivity (Wildman–Crippen MR) is 49.4 cm³/mol. The van der Waals surface area contributed by atoms with Gasteiger partial charge in [0, 0.05) is 0 Å². The predicted octanol–water partition coefficient (Wildman–Crippen LogP) is 1.01. The molecule has 0 aromatic heterocycles. The number of hydrogen-bond donors (Lipinski definition) is 2. The highest BCUT2D eigenvalue weighted by Crippen LogP contribution is 2.10. The monoisotopic (exact) mass is 201 g/mol. The van der Waals surface area contributed by atoms with Crippen LogP contribution in [0.3, 0.4) is 0 Å². The fourth-order valence-electron chi connectivity index (χ4n) is 0.778. The van der Waals surface area contributed by atoms with Gasteiger partial charge in [0.1, 0.15) is 0 Å². The van der Waals surface area contributed by atoms with Crippen molar-refractivity contribution in [3.63, 3.8) is 0 Å². The molecule has 0 aliphatic carbocycles. The van der Waals surface area contributed by atoms with Crippen molar-refractivity contribution in [3.05, 3.63) is 35.9 Å². The largest absolute Gasteiger partial charge is 0.479 e. The Labute approximate surface area is 77.5 Å². The van der Waals surface area contributed by atoms with Crippen molar-refractivity contribution in [2.75, 3.05) is 0 Å². The fraction of sp³-hybridized carbons (Fsp3) is 0.125. The Morgan fingerprint density at radius 2 is 1.69 bits per heavy atom. The first kappa shape index (κ1) is 11.8. The van der Waals surface area contributed by atoms with Crippen molar-refractivity contribution < 1.29 is 19.6 Å². The van der Waals surface area contributed by atoms with E-state index < -0.39 is 12.1 Å². The topological polar surface area (TPSA) is 74.6 Å². The van der Waals surface area contributed by atoms with Crippen LogP contribution in [0.15, 0.2) is 30.3 Å². The van der Waals surface area contributed by atoms with Crippen LogP contribution >= 0.6 is 9.12 Å². The van der Waals surface area contributed by atoms with Crippen LogP contribution in [0.4, 0.5) is 0 Å². The zero-order valence-corrected chi connectivity index (χ0v) is 7.91. The number of aliphatic hydroxyl groups is 1. The summed E-state index contributed by atoms with van der Waals surface area (Å²) in [5.41, 5.74) is 0.403. The van der Waals surface area contributed by atoms with Crippen LogP contribution in [-0.4, -0.2) is 16.2 Å². The first-order chi connectivity index (χ1) is 6.22. The summed E-state index contributed by atoms with van der Waals surface area (Å²) in [5.74, 6) is -1.23. The molecule has 0 spiro atoms. The summed E-state index contributed by atoms with van der Waals surface area (Å²) in [6.07, 6.45) is -1.41. The summed E-state index contributed by atoms with van der Waals surface area (Å²) in [7, 11) is 1.17. The number of aliphatic hydroxyl groups excluding tert-OH is 1. The molecule has 4 nitrogen and oxygen atoms in total. The van der Waals surface area contributed by atoms with Gasteiger partial charge in [0.05, 0.1) is 0 Å². The maximum absolute atomic E-state index is 10.2. The van der Waals surface area contributed by atoms with E-state index >= 15 is 0 Å². The first-order valence-electron chi connectivity index (χ1n) is 3.41. The maximum Gasteiger partial charge on any atom is 0.337 e. The van der Waals surface area contributed by atoms with Gasteiger partial charge >= 0.3 is 15.1 Å². The number of benzene rings is 1. The van der Waals surface area contributed by atoms with Crippen molar-refractivity contribution in [2.45, 2.75) is 6.10 Å². The minimum Gasteiger partial charge on any atom is -0.479 e. The minimum atomic E-state index is -1.41. The third-order valence-electron chi connectivity index (χ3n) is 1.35. The van der Waals surface area contributed by atoms with Crippen LogP contribution in [0.1, 0.15) is 11.7 Å². The van der Waals surface area contributed by atoms with Gasteiger partial charge in [0.15, 0.2) is 6.10 Å². The van der Waals surface area contributed by atoms with Crippen LogP contribution in [0.2, 0.25) is 0 Å². The summed E-state index contributed by atoms with van der Waals surface area (Å²) < 4.78 is 8.17. The highest BCUT2D eigenvalue weighted by Gasteiger charge is 2.14. The maximum atomic E-state index is 10.2. The Hall–Kier alpha value is -1.25. The molecule has 0 fully saturated rings. The summed E-state index contributed by atoms with van der Waals surface area (Å²) in [5, 5.41) is 17.4. The van der Waals surface area contributed by atoms with Crippen LogP contribution < -0.4 is 0 Å². The lowest BCUT2D eigenvalue weighted by atomic mass is 10.1. The highest BCUT2D eigenvalue weighted by atomic mass is 31.0. The zero-order chi connectivity index (χ0) is 10.3. The van der Waals surface area contributed by atoms with E-state index in [0.717, 1.165) is 0 Å². The summed E-state index contributed by atoms with van der Waals surface area (Å²) in [6.45, 7) is 0. The molecule has 13 heavy (non-hydrogen) atoms. The third-order valence-corrected chi connectivity index (χ3v) is 1.35. The molecule has 2 atom stereocenters. The Kier molecular flexibility index (Phi) is 5.68. The van der Waals surface area contributed by atoms with Crippen molar-refractivity contribution in [2.24, 2.45) is 0 Å². The van der Waals surface area contributed by atoms with E-state index in [4.69, 9.17) is 14.8 Å². The van der Waals surface area contributed by atoms with Gasteiger partial charge in [0.25, 0.3) is 0 Å². The number of hydrogen-bond acceptors (Lipinski definition) is 3. The van der Waals surface area contributed by atoms with Crippen molar-refractivity contribution >= 4 is 15.1 Å². The quantitative estimate of drug-likeness (QED) is 0.700. The van der Waals surface area contributed by atoms with Gasteiger partial charge in [0.2, 0.25) is 0 Å². The average Bonchev–Trinajstić information content (AvgIpc) is 2.21. The normalized spacial score (nSPS) is 10.8. The molecule has 0 saturated heterocycles. The molecule has 0 aliphatic heterocycles. The molecular formula is C8H10O4P+. The standard InChI is InChI=1S/C8H8O3.H2OP/c9-7(8(10)11)6-4-2-1-3-5-6;1-2/h1-5,7,9H,(H,10,11);2H2/q;+1/t7-;/m0./s1. The van der Waals surface area contributed by atoms with E-state index in [1.54, 1.807) is 30.3 Å². The van der Waals surface area contributed by atoms with Crippen LogP contribution in [0.25, 0.3) is 0 Å².